The molecule has 0 bridgehead atoms. The molecule has 0 spiro atoms. The van der Waals surface area contributed by atoms with Gasteiger partial charge < -0.3 is 9.47 Å². The van der Waals surface area contributed by atoms with Gasteiger partial charge in [0, 0.05) is 30.6 Å². The summed E-state index contributed by atoms with van der Waals surface area (Å²) in [6, 6.07) is 25.3. The summed E-state index contributed by atoms with van der Waals surface area (Å²) in [5.41, 5.74) is 4.25. The van der Waals surface area contributed by atoms with Crippen molar-refractivity contribution in [2.45, 2.75) is 13.0 Å². The van der Waals surface area contributed by atoms with Gasteiger partial charge in [-0.15, -0.1) is 0 Å². The molecule has 3 aromatic rings. The van der Waals surface area contributed by atoms with Crippen LogP contribution in [0.5, 0.6) is 5.75 Å². The van der Waals surface area contributed by atoms with E-state index in [2.05, 4.69) is 41.3 Å². The van der Waals surface area contributed by atoms with E-state index in [4.69, 9.17) is 9.47 Å². The predicted molar refractivity (Wildman–Crippen MR) is 118 cm³/mol. The minimum absolute atomic E-state index is 0.265. The molecule has 1 heterocycles. The molecule has 0 amide bonds. The molecule has 0 N–H and O–H groups in total. The number of allylic oxidation sites excluding steroid dienone is 1. The van der Waals surface area contributed by atoms with E-state index in [1.807, 2.05) is 24.3 Å². The second-order valence-corrected chi connectivity index (χ2v) is 7.45. The van der Waals surface area contributed by atoms with Gasteiger partial charge in [0.25, 0.3) is 0 Å². The van der Waals surface area contributed by atoms with E-state index in [9.17, 15) is 4.39 Å². The Bertz CT molecular complexity index is 1000. The lowest BCUT2D eigenvalue weighted by Gasteiger charge is -2.31. The fourth-order valence-corrected chi connectivity index (χ4v) is 3.86. The highest BCUT2D eigenvalue weighted by Gasteiger charge is 2.21. The number of ether oxygens (including phenoxy) is 2. The van der Waals surface area contributed by atoms with Crippen molar-refractivity contribution in [3.8, 4) is 5.75 Å². The SMILES string of the molecule is COc1ccc(F)cc1C/C(=C1\CN(Cc2ccccc2)CCO1)c1ccccc1. The van der Waals surface area contributed by atoms with Gasteiger partial charge in [0.15, 0.2) is 0 Å². The molecule has 0 saturated carbocycles. The van der Waals surface area contributed by atoms with Crippen LogP contribution in [0.15, 0.2) is 84.6 Å². The zero-order chi connectivity index (χ0) is 20.8. The minimum Gasteiger partial charge on any atom is -0.496 e. The summed E-state index contributed by atoms with van der Waals surface area (Å²) >= 11 is 0. The molecular formula is C26H26FNO2. The molecule has 4 rings (SSSR count). The normalized spacial score (nSPS) is 16.1. The van der Waals surface area contributed by atoms with Crippen molar-refractivity contribution in [3.05, 3.63) is 107 Å². The summed E-state index contributed by atoms with van der Waals surface area (Å²) in [4.78, 5) is 2.39. The van der Waals surface area contributed by atoms with Crippen LogP contribution >= 0.6 is 0 Å². The van der Waals surface area contributed by atoms with Gasteiger partial charge in [-0.05, 0) is 29.3 Å². The van der Waals surface area contributed by atoms with Crippen LogP contribution in [0.2, 0.25) is 0 Å². The van der Waals surface area contributed by atoms with Gasteiger partial charge in [0.2, 0.25) is 0 Å². The first-order valence-electron chi connectivity index (χ1n) is 10.2. The third-order valence-electron chi connectivity index (χ3n) is 5.37. The zero-order valence-electron chi connectivity index (χ0n) is 17.2. The molecule has 4 heteroatoms. The maximum Gasteiger partial charge on any atom is 0.123 e. The number of methoxy groups -OCH3 is 1. The van der Waals surface area contributed by atoms with Crippen molar-refractivity contribution in [2.75, 3.05) is 26.8 Å². The molecule has 0 unspecified atom stereocenters. The maximum absolute atomic E-state index is 14.0. The largest absolute Gasteiger partial charge is 0.496 e. The van der Waals surface area contributed by atoms with Crippen molar-refractivity contribution in [1.29, 1.82) is 0 Å². The molecule has 30 heavy (non-hydrogen) atoms. The highest BCUT2D eigenvalue weighted by atomic mass is 19.1. The van der Waals surface area contributed by atoms with E-state index in [1.54, 1.807) is 19.2 Å². The molecule has 0 atom stereocenters. The second-order valence-electron chi connectivity index (χ2n) is 7.45. The average molecular weight is 403 g/mol. The Hall–Kier alpha value is -3.11. The Morgan fingerprint density at radius 2 is 1.73 bits per heavy atom. The van der Waals surface area contributed by atoms with E-state index in [0.29, 0.717) is 18.8 Å². The third-order valence-corrected chi connectivity index (χ3v) is 5.37. The fourth-order valence-electron chi connectivity index (χ4n) is 3.86. The van der Waals surface area contributed by atoms with Gasteiger partial charge in [0.05, 0.1) is 13.7 Å². The minimum atomic E-state index is -0.265. The van der Waals surface area contributed by atoms with E-state index >= 15 is 0 Å². The van der Waals surface area contributed by atoms with Crippen molar-refractivity contribution in [3.63, 3.8) is 0 Å². The Kier molecular flexibility index (Phi) is 6.45. The van der Waals surface area contributed by atoms with Crippen LogP contribution in [0, 0.1) is 5.82 Å². The second kappa shape index (κ2) is 9.59. The Labute approximate surface area is 177 Å². The van der Waals surface area contributed by atoms with Crippen molar-refractivity contribution < 1.29 is 13.9 Å². The van der Waals surface area contributed by atoms with Crippen LogP contribution in [-0.2, 0) is 17.7 Å². The van der Waals surface area contributed by atoms with Crippen molar-refractivity contribution in [1.82, 2.24) is 4.90 Å². The van der Waals surface area contributed by atoms with Gasteiger partial charge in [-0.25, -0.2) is 4.39 Å². The molecule has 1 fully saturated rings. The van der Waals surface area contributed by atoms with E-state index in [0.717, 1.165) is 42.1 Å². The van der Waals surface area contributed by atoms with Crippen LogP contribution in [0.1, 0.15) is 16.7 Å². The average Bonchev–Trinajstić information content (AvgIpc) is 2.79. The first-order valence-corrected chi connectivity index (χ1v) is 10.2. The summed E-state index contributed by atoms with van der Waals surface area (Å²) in [6.07, 6.45) is 0.541. The number of halogens is 1. The van der Waals surface area contributed by atoms with Crippen molar-refractivity contribution >= 4 is 5.57 Å². The number of rotatable bonds is 6. The highest BCUT2D eigenvalue weighted by Crippen LogP contribution is 2.31. The molecule has 1 saturated heterocycles. The first-order chi connectivity index (χ1) is 14.7. The summed E-state index contributed by atoms with van der Waals surface area (Å²) in [7, 11) is 1.62. The Morgan fingerprint density at radius 1 is 1.00 bits per heavy atom. The quantitative estimate of drug-likeness (QED) is 0.556. The van der Waals surface area contributed by atoms with Gasteiger partial charge >= 0.3 is 0 Å². The summed E-state index contributed by atoms with van der Waals surface area (Å²) in [5, 5.41) is 0. The molecule has 3 nitrogen and oxygen atoms in total. The van der Waals surface area contributed by atoms with Gasteiger partial charge in [-0.1, -0.05) is 60.7 Å². The smallest absolute Gasteiger partial charge is 0.123 e. The van der Waals surface area contributed by atoms with Crippen LogP contribution in [0.4, 0.5) is 4.39 Å². The Balaban J connectivity index is 1.67. The van der Waals surface area contributed by atoms with Crippen molar-refractivity contribution in [2.24, 2.45) is 0 Å². The number of nitrogens with zero attached hydrogens (tertiary/aromatic N) is 1. The van der Waals surface area contributed by atoms with Crippen LogP contribution < -0.4 is 4.74 Å². The summed E-state index contributed by atoms with van der Waals surface area (Å²) in [6.45, 7) is 3.11. The zero-order valence-corrected chi connectivity index (χ0v) is 17.2. The van der Waals surface area contributed by atoms with Gasteiger partial charge in [-0.3, -0.25) is 4.90 Å². The molecule has 0 radical (unpaired) electrons. The number of morpholine rings is 1. The number of hydrogen-bond donors (Lipinski definition) is 0. The maximum atomic E-state index is 14.0. The van der Waals surface area contributed by atoms with Crippen LogP contribution in [0.3, 0.4) is 0 Å². The molecule has 0 aliphatic carbocycles. The Morgan fingerprint density at radius 3 is 2.47 bits per heavy atom. The standard InChI is InChI=1S/C26H26FNO2/c1-29-25-13-12-23(27)16-22(25)17-24(21-10-6-3-7-11-21)26-19-28(14-15-30-26)18-20-8-4-2-5-9-20/h2-13,16H,14-15,17-19H2,1H3/b26-24-. The number of benzene rings is 3. The first kappa shape index (κ1) is 20.2. The third kappa shape index (κ3) is 4.89. The van der Waals surface area contributed by atoms with Gasteiger partial charge in [0.1, 0.15) is 23.9 Å². The molecule has 0 aromatic heterocycles. The molecule has 154 valence electrons. The lowest BCUT2D eigenvalue weighted by atomic mass is 9.95. The van der Waals surface area contributed by atoms with E-state index < -0.39 is 0 Å². The summed E-state index contributed by atoms with van der Waals surface area (Å²) in [5.74, 6) is 1.36. The van der Waals surface area contributed by atoms with Crippen LogP contribution in [-0.4, -0.2) is 31.7 Å². The monoisotopic (exact) mass is 403 g/mol. The summed E-state index contributed by atoms with van der Waals surface area (Å²) < 4.78 is 25.6. The van der Waals surface area contributed by atoms with Crippen LogP contribution in [0.25, 0.3) is 5.57 Å². The predicted octanol–water partition coefficient (Wildman–Crippen LogP) is 5.32. The molecule has 3 aromatic carbocycles. The fraction of sp³-hybridized carbons (Fsp3) is 0.231. The lowest BCUT2D eigenvalue weighted by molar-refractivity contribution is 0.0906. The lowest BCUT2D eigenvalue weighted by Crippen LogP contribution is -2.35. The number of hydrogen-bond acceptors (Lipinski definition) is 3. The highest BCUT2D eigenvalue weighted by molar-refractivity contribution is 5.70. The van der Waals surface area contributed by atoms with E-state index in [1.165, 1.54) is 11.6 Å². The molecule has 1 aliphatic rings. The van der Waals surface area contributed by atoms with Gasteiger partial charge in [-0.2, -0.15) is 0 Å². The van der Waals surface area contributed by atoms with E-state index in [-0.39, 0.29) is 5.82 Å². The topological polar surface area (TPSA) is 21.7 Å². The molecular weight excluding hydrogens is 377 g/mol. The molecule has 1 aliphatic heterocycles.